The molecule has 0 spiro atoms. The maximum atomic E-state index is 12.6. The number of anilines is 1. The Kier molecular flexibility index (Phi) is 4.71. The van der Waals surface area contributed by atoms with Gasteiger partial charge in [-0.3, -0.25) is 14.6 Å². The molecule has 0 N–H and O–H groups in total. The van der Waals surface area contributed by atoms with Crippen molar-refractivity contribution < 1.29 is 14.3 Å². The van der Waals surface area contributed by atoms with Crippen LogP contribution in [0.4, 0.5) is 10.5 Å². The third-order valence-corrected chi connectivity index (χ3v) is 4.13. The molecule has 3 rings (SSSR count). The van der Waals surface area contributed by atoms with Gasteiger partial charge in [-0.1, -0.05) is 29.8 Å². The van der Waals surface area contributed by atoms with Gasteiger partial charge in [-0.2, -0.15) is 0 Å². The minimum atomic E-state index is -0.518. The number of imide groups is 1. The molecule has 6 heteroatoms. The lowest BCUT2D eigenvalue weighted by molar-refractivity contribution is -0.127. The highest BCUT2D eigenvalue weighted by atomic mass is 35.5. The highest BCUT2D eigenvalue weighted by Crippen LogP contribution is 2.25. The summed E-state index contributed by atoms with van der Waals surface area (Å²) in [6.45, 7) is 2.16. The van der Waals surface area contributed by atoms with Gasteiger partial charge in [0.1, 0.15) is 18.4 Å². The Morgan fingerprint density at radius 2 is 1.71 bits per heavy atom. The van der Waals surface area contributed by atoms with E-state index >= 15 is 0 Å². The molecule has 2 aromatic carbocycles. The Balaban J connectivity index is 1.64. The van der Waals surface area contributed by atoms with Crippen LogP contribution in [0.2, 0.25) is 5.02 Å². The lowest BCUT2D eigenvalue weighted by atomic mass is 10.2. The van der Waals surface area contributed by atoms with Crippen LogP contribution in [0.5, 0.6) is 5.75 Å². The zero-order chi connectivity index (χ0) is 17.1. The summed E-state index contributed by atoms with van der Waals surface area (Å²) >= 11 is 5.82. The molecule has 1 aliphatic rings. The number of hydrogen-bond donors (Lipinski definition) is 0. The maximum absolute atomic E-state index is 12.6. The molecule has 24 heavy (non-hydrogen) atoms. The second kappa shape index (κ2) is 6.93. The van der Waals surface area contributed by atoms with Crippen LogP contribution in [0.25, 0.3) is 0 Å². The normalized spacial score (nSPS) is 17.5. The highest BCUT2D eigenvalue weighted by Gasteiger charge is 2.42. The second-order valence-corrected chi connectivity index (χ2v) is 5.89. The van der Waals surface area contributed by atoms with Crippen molar-refractivity contribution in [1.29, 1.82) is 0 Å². The SMILES string of the molecule is CC1C(=O)N(CCOc2ccc(Cl)cc2)C(=O)N1c1ccccc1. The van der Waals surface area contributed by atoms with Gasteiger partial charge >= 0.3 is 6.03 Å². The molecule has 2 aromatic rings. The Morgan fingerprint density at radius 3 is 2.38 bits per heavy atom. The van der Waals surface area contributed by atoms with Gasteiger partial charge in [0.15, 0.2) is 0 Å². The van der Waals surface area contributed by atoms with E-state index in [1.165, 1.54) is 9.80 Å². The van der Waals surface area contributed by atoms with E-state index in [1.54, 1.807) is 31.2 Å². The fraction of sp³-hybridized carbons (Fsp3) is 0.222. The van der Waals surface area contributed by atoms with E-state index in [-0.39, 0.29) is 25.1 Å². The monoisotopic (exact) mass is 344 g/mol. The fourth-order valence-corrected chi connectivity index (χ4v) is 2.77. The third-order valence-electron chi connectivity index (χ3n) is 3.88. The summed E-state index contributed by atoms with van der Waals surface area (Å²) < 4.78 is 5.57. The van der Waals surface area contributed by atoms with Crippen molar-refractivity contribution in [3.63, 3.8) is 0 Å². The Hall–Kier alpha value is -2.53. The number of halogens is 1. The van der Waals surface area contributed by atoms with Gasteiger partial charge in [0.2, 0.25) is 0 Å². The Labute approximate surface area is 145 Å². The van der Waals surface area contributed by atoms with Crippen LogP contribution >= 0.6 is 11.6 Å². The molecule has 0 bridgehead atoms. The zero-order valence-electron chi connectivity index (χ0n) is 13.2. The lowest BCUT2D eigenvalue weighted by Crippen LogP contribution is -2.36. The number of nitrogens with zero attached hydrogens (tertiary/aromatic N) is 2. The van der Waals surface area contributed by atoms with Crippen LogP contribution in [0.3, 0.4) is 0 Å². The zero-order valence-corrected chi connectivity index (χ0v) is 13.9. The highest BCUT2D eigenvalue weighted by molar-refractivity contribution is 6.30. The van der Waals surface area contributed by atoms with Crippen LogP contribution in [0.1, 0.15) is 6.92 Å². The van der Waals surface area contributed by atoms with Crippen LogP contribution in [0, 0.1) is 0 Å². The summed E-state index contributed by atoms with van der Waals surface area (Å²) in [5, 5.41) is 0.625. The molecule has 5 nitrogen and oxygen atoms in total. The van der Waals surface area contributed by atoms with Gasteiger partial charge < -0.3 is 4.74 Å². The molecule has 3 amide bonds. The van der Waals surface area contributed by atoms with Crippen LogP contribution in [-0.2, 0) is 4.79 Å². The molecular weight excluding hydrogens is 328 g/mol. The maximum Gasteiger partial charge on any atom is 0.332 e. The van der Waals surface area contributed by atoms with Crippen molar-refractivity contribution in [2.75, 3.05) is 18.1 Å². The van der Waals surface area contributed by atoms with Gasteiger partial charge in [0, 0.05) is 10.7 Å². The predicted octanol–water partition coefficient (Wildman–Crippen LogP) is 3.58. The number of urea groups is 1. The molecule has 0 aliphatic carbocycles. The van der Waals surface area contributed by atoms with Gasteiger partial charge in [0.05, 0.1) is 6.54 Å². The van der Waals surface area contributed by atoms with Crippen molar-refractivity contribution >= 4 is 29.2 Å². The van der Waals surface area contributed by atoms with Crippen LogP contribution < -0.4 is 9.64 Å². The van der Waals surface area contributed by atoms with E-state index in [0.717, 1.165) is 0 Å². The summed E-state index contributed by atoms with van der Waals surface area (Å²) in [6.07, 6.45) is 0. The number of amides is 3. The van der Waals surface area contributed by atoms with Gasteiger partial charge in [0.25, 0.3) is 5.91 Å². The number of rotatable bonds is 5. The summed E-state index contributed by atoms with van der Waals surface area (Å²) in [5.41, 5.74) is 0.712. The van der Waals surface area contributed by atoms with Gasteiger partial charge in [-0.05, 0) is 43.3 Å². The topological polar surface area (TPSA) is 49.9 Å². The van der Waals surface area contributed by atoms with Crippen molar-refractivity contribution in [3.05, 3.63) is 59.6 Å². The molecule has 1 atom stereocenters. The number of benzene rings is 2. The van der Waals surface area contributed by atoms with E-state index in [2.05, 4.69) is 0 Å². The molecule has 124 valence electrons. The molecule has 0 radical (unpaired) electrons. The van der Waals surface area contributed by atoms with E-state index in [0.29, 0.717) is 16.5 Å². The molecule has 1 aliphatic heterocycles. The minimum absolute atomic E-state index is 0.202. The summed E-state index contributed by atoms with van der Waals surface area (Å²) in [4.78, 5) is 27.7. The van der Waals surface area contributed by atoms with Gasteiger partial charge in [-0.25, -0.2) is 4.79 Å². The second-order valence-electron chi connectivity index (χ2n) is 5.46. The first-order valence-electron chi connectivity index (χ1n) is 7.66. The number of carbonyl (C=O) groups excluding carboxylic acids is 2. The average molecular weight is 345 g/mol. The number of carbonyl (C=O) groups is 2. The summed E-state index contributed by atoms with van der Waals surface area (Å²) in [6, 6.07) is 15.3. The molecule has 0 saturated carbocycles. The number of hydrogen-bond acceptors (Lipinski definition) is 3. The number of ether oxygens (including phenoxy) is 1. The van der Waals surface area contributed by atoms with Gasteiger partial charge in [-0.15, -0.1) is 0 Å². The van der Waals surface area contributed by atoms with Crippen molar-refractivity contribution in [1.82, 2.24) is 4.90 Å². The largest absolute Gasteiger partial charge is 0.492 e. The fourth-order valence-electron chi connectivity index (χ4n) is 2.64. The van der Waals surface area contributed by atoms with Crippen LogP contribution in [-0.4, -0.2) is 36.0 Å². The van der Waals surface area contributed by atoms with Crippen molar-refractivity contribution in [2.24, 2.45) is 0 Å². The first-order valence-corrected chi connectivity index (χ1v) is 8.03. The third kappa shape index (κ3) is 3.21. The predicted molar refractivity (Wildman–Crippen MR) is 92.4 cm³/mol. The Morgan fingerprint density at radius 1 is 1.04 bits per heavy atom. The van der Waals surface area contributed by atoms with Crippen molar-refractivity contribution in [2.45, 2.75) is 13.0 Å². The quantitative estimate of drug-likeness (QED) is 0.779. The van der Waals surface area contributed by atoms with Crippen LogP contribution in [0.15, 0.2) is 54.6 Å². The first kappa shape index (κ1) is 16.3. The Bertz CT molecular complexity index is 734. The summed E-state index contributed by atoms with van der Waals surface area (Å²) in [5.74, 6) is 0.426. The molecule has 1 saturated heterocycles. The standard InChI is InChI=1S/C18H17ClN2O3/c1-13-17(22)20(11-12-24-16-9-7-14(19)8-10-16)18(23)21(13)15-5-3-2-4-6-15/h2-10,13H,11-12H2,1H3. The minimum Gasteiger partial charge on any atom is -0.492 e. The number of para-hydroxylation sites is 1. The molecule has 1 heterocycles. The van der Waals surface area contributed by atoms with E-state index < -0.39 is 6.04 Å². The first-order chi connectivity index (χ1) is 11.6. The average Bonchev–Trinajstić information content (AvgIpc) is 2.81. The molecule has 1 unspecified atom stereocenters. The molecule has 1 fully saturated rings. The van der Waals surface area contributed by atoms with E-state index in [4.69, 9.17) is 16.3 Å². The molecular formula is C18H17ClN2O3. The summed E-state index contributed by atoms with van der Waals surface area (Å²) in [7, 11) is 0. The molecule has 0 aromatic heterocycles. The van der Waals surface area contributed by atoms with E-state index in [1.807, 2.05) is 30.3 Å². The smallest absolute Gasteiger partial charge is 0.332 e. The van der Waals surface area contributed by atoms with Crippen molar-refractivity contribution in [3.8, 4) is 5.75 Å². The van der Waals surface area contributed by atoms with E-state index in [9.17, 15) is 9.59 Å². The lowest BCUT2D eigenvalue weighted by Gasteiger charge is -2.19.